The van der Waals surface area contributed by atoms with Gasteiger partial charge in [-0.3, -0.25) is 0 Å². The highest BCUT2D eigenvalue weighted by Crippen LogP contribution is 2.46. The zero-order valence-electron chi connectivity index (χ0n) is 13.8. The summed E-state index contributed by atoms with van der Waals surface area (Å²) in [6.45, 7) is 5.25. The van der Waals surface area contributed by atoms with Crippen LogP contribution < -0.4 is 0 Å². The fourth-order valence-electron chi connectivity index (χ4n) is 4.92. The van der Waals surface area contributed by atoms with Crippen molar-refractivity contribution in [1.29, 1.82) is 0 Å². The summed E-state index contributed by atoms with van der Waals surface area (Å²) >= 11 is 1.81. The minimum absolute atomic E-state index is 0.241. The van der Waals surface area contributed by atoms with Crippen molar-refractivity contribution in [2.45, 2.75) is 50.3 Å². The average Bonchev–Trinajstić information content (AvgIpc) is 3.33. The van der Waals surface area contributed by atoms with Crippen LogP contribution >= 0.6 is 11.3 Å². The Morgan fingerprint density at radius 1 is 1.42 bits per heavy atom. The van der Waals surface area contributed by atoms with Gasteiger partial charge in [0.25, 0.3) is 0 Å². The molecule has 2 fully saturated rings. The predicted molar refractivity (Wildman–Crippen MR) is 95.9 cm³/mol. The van der Waals surface area contributed by atoms with Gasteiger partial charge in [-0.2, -0.15) is 0 Å². The first-order valence-electron chi connectivity index (χ1n) is 8.94. The molecule has 5 heterocycles. The van der Waals surface area contributed by atoms with Crippen LogP contribution in [-0.4, -0.2) is 38.2 Å². The van der Waals surface area contributed by atoms with E-state index in [9.17, 15) is 5.11 Å². The van der Waals surface area contributed by atoms with Gasteiger partial charge in [0.15, 0.2) is 0 Å². The monoisotopic (exact) mass is 341 g/mol. The van der Waals surface area contributed by atoms with Crippen LogP contribution in [0.15, 0.2) is 36.2 Å². The number of hydrogen-bond donors (Lipinski definition) is 1. The lowest BCUT2D eigenvalue weighted by Crippen LogP contribution is -2.41. The average molecular weight is 341 g/mol. The van der Waals surface area contributed by atoms with Crippen LogP contribution in [0.4, 0.5) is 0 Å². The van der Waals surface area contributed by atoms with E-state index in [0.29, 0.717) is 12.0 Å². The van der Waals surface area contributed by atoms with Gasteiger partial charge in [0.1, 0.15) is 0 Å². The highest BCUT2D eigenvalue weighted by molar-refractivity contribution is 7.10. The van der Waals surface area contributed by atoms with Crippen LogP contribution in [0.1, 0.15) is 43.0 Å². The molecule has 1 N–H and O–H groups in total. The maximum absolute atomic E-state index is 11.0. The van der Waals surface area contributed by atoms with E-state index in [1.807, 2.05) is 12.5 Å². The summed E-state index contributed by atoms with van der Waals surface area (Å²) in [7, 11) is 0. The third-order valence-corrected chi connectivity index (χ3v) is 7.23. The maximum atomic E-state index is 11.0. The topological polar surface area (TPSA) is 41.3 Å². The second kappa shape index (κ2) is 5.46. The van der Waals surface area contributed by atoms with E-state index in [0.717, 1.165) is 32.2 Å². The lowest BCUT2D eigenvalue weighted by Gasteiger charge is -2.39. The first kappa shape index (κ1) is 14.7. The molecule has 2 saturated heterocycles. The molecule has 126 valence electrons. The molecular weight excluding hydrogens is 318 g/mol. The van der Waals surface area contributed by atoms with E-state index in [1.54, 1.807) is 11.3 Å². The number of imidazole rings is 1. The van der Waals surface area contributed by atoms with Crippen molar-refractivity contribution < 1.29 is 5.11 Å². The Morgan fingerprint density at radius 2 is 2.33 bits per heavy atom. The zero-order valence-corrected chi connectivity index (χ0v) is 14.6. The smallest absolute Gasteiger partial charge is 0.0957 e. The van der Waals surface area contributed by atoms with Crippen LogP contribution in [0.2, 0.25) is 0 Å². The largest absolute Gasteiger partial charge is 0.393 e. The number of rotatable bonds is 3. The quantitative estimate of drug-likeness (QED) is 0.926. The van der Waals surface area contributed by atoms with Crippen LogP contribution in [0, 0.1) is 5.92 Å². The Morgan fingerprint density at radius 3 is 3.25 bits per heavy atom. The summed E-state index contributed by atoms with van der Waals surface area (Å²) < 4.78 is 2.25. The number of piperidine rings is 1. The standard InChI is InChI=1S/C19H23N3OS/c1-12-2-3-14-8-13(4-6-21(12)14)18(23)9-16-19-15(5-7-24-19)17-10-20-11-22(16)17/h5,7,10-11,13-14,16,18,23H,1-4,6,8-9H2/t13-,14-,16-,18+/m1/s1. The molecule has 2 aromatic rings. The van der Waals surface area contributed by atoms with Gasteiger partial charge in [-0.1, -0.05) is 6.58 Å². The molecule has 2 aromatic heterocycles. The minimum Gasteiger partial charge on any atom is -0.393 e. The molecule has 4 nitrogen and oxygen atoms in total. The summed E-state index contributed by atoms with van der Waals surface area (Å²) in [5.74, 6) is 0.410. The Hall–Kier alpha value is -1.59. The van der Waals surface area contributed by atoms with Crippen LogP contribution in [-0.2, 0) is 0 Å². The number of hydrogen-bond acceptors (Lipinski definition) is 4. The van der Waals surface area contributed by atoms with Gasteiger partial charge in [0.2, 0.25) is 0 Å². The van der Waals surface area contributed by atoms with E-state index < -0.39 is 0 Å². The Balaban J connectivity index is 1.33. The first-order chi connectivity index (χ1) is 11.7. The van der Waals surface area contributed by atoms with Gasteiger partial charge >= 0.3 is 0 Å². The second-order valence-corrected chi connectivity index (χ2v) is 8.39. The second-order valence-electron chi connectivity index (χ2n) is 7.44. The summed E-state index contributed by atoms with van der Waals surface area (Å²) in [5.41, 5.74) is 3.80. The van der Waals surface area contributed by atoms with Gasteiger partial charge in [-0.15, -0.1) is 11.3 Å². The van der Waals surface area contributed by atoms with Gasteiger partial charge < -0.3 is 14.6 Å². The predicted octanol–water partition coefficient (Wildman–Crippen LogP) is 3.65. The molecule has 3 aliphatic heterocycles. The highest BCUT2D eigenvalue weighted by Gasteiger charge is 2.38. The van der Waals surface area contributed by atoms with Crippen molar-refractivity contribution in [2.24, 2.45) is 5.92 Å². The molecule has 4 atom stereocenters. The summed E-state index contributed by atoms with van der Waals surface area (Å²) in [6, 6.07) is 3.04. The third kappa shape index (κ3) is 2.11. The van der Waals surface area contributed by atoms with E-state index in [2.05, 4.69) is 32.5 Å². The van der Waals surface area contributed by atoms with Gasteiger partial charge in [-0.25, -0.2) is 4.98 Å². The molecule has 0 unspecified atom stereocenters. The van der Waals surface area contributed by atoms with Crippen molar-refractivity contribution in [3.63, 3.8) is 0 Å². The van der Waals surface area contributed by atoms with Crippen LogP contribution in [0.5, 0.6) is 0 Å². The molecule has 0 spiro atoms. The van der Waals surface area contributed by atoms with Crippen molar-refractivity contribution >= 4 is 11.3 Å². The molecule has 0 radical (unpaired) electrons. The lowest BCUT2D eigenvalue weighted by molar-refractivity contribution is 0.0404. The number of fused-ring (bicyclic) bond motifs is 4. The number of thiophene rings is 1. The number of aromatic nitrogens is 2. The molecule has 0 aliphatic carbocycles. The SMILES string of the molecule is C=C1CC[C@@H]2C[C@H]([C@@H](O)C[C@@H]3c4sccc4-c4cncn43)CCN12. The number of nitrogens with zero attached hydrogens (tertiary/aromatic N) is 3. The maximum Gasteiger partial charge on any atom is 0.0957 e. The van der Waals surface area contributed by atoms with Crippen LogP contribution in [0.3, 0.4) is 0 Å². The lowest BCUT2D eigenvalue weighted by atomic mass is 9.84. The van der Waals surface area contributed by atoms with Gasteiger partial charge in [-0.05, 0) is 49.5 Å². The minimum atomic E-state index is -0.241. The Bertz CT molecular complexity index is 739. The molecule has 3 aliphatic rings. The molecule has 0 amide bonds. The first-order valence-corrected chi connectivity index (χ1v) is 9.82. The number of allylic oxidation sites excluding steroid dienone is 1. The molecule has 5 heteroatoms. The van der Waals surface area contributed by atoms with Crippen LogP contribution in [0.25, 0.3) is 11.3 Å². The van der Waals surface area contributed by atoms with E-state index in [-0.39, 0.29) is 12.1 Å². The normalized spacial score (nSPS) is 29.5. The molecule has 0 aromatic carbocycles. The summed E-state index contributed by atoms with van der Waals surface area (Å²) in [6.07, 6.45) is 8.96. The van der Waals surface area contributed by atoms with Crippen molar-refractivity contribution in [3.8, 4) is 11.3 Å². The zero-order chi connectivity index (χ0) is 16.3. The molecular formula is C19H23N3OS. The summed E-state index contributed by atoms with van der Waals surface area (Å²) in [5, 5.41) is 13.1. The molecule has 0 bridgehead atoms. The third-order valence-electron chi connectivity index (χ3n) is 6.21. The van der Waals surface area contributed by atoms with E-state index in [4.69, 9.17) is 0 Å². The van der Waals surface area contributed by atoms with E-state index >= 15 is 0 Å². The molecule has 24 heavy (non-hydrogen) atoms. The van der Waals surface area contributed by atoms with Gasteiger partial charge in [0, 0.05) is 28.7 Å². The number of aliphatic hydroxyl groups excluding tert-OH is 1. The Labute approximate surface area is 146 Å². The molecule has 5 rings (SSSR count). The Kier molecular flexibility index (Phi) is 3.35. The highest BCUT2D eigenvalue weighted by atomic mass is 32.1. The van der Waals surface area contributed by atoms with E-state index in [1.165, 1.54) is 28.3 Å². The van der Waals surface area contributed by atoms with Crippen molar-refractivity contribution in [1.82, 2.24) is 14.5 Å². The molecule has 0 saturated carbocycles. The summed E-state index contributed by atoms with van der Waals surface area (Å²) in [4.78, 5) is 8.18. The fourth-order valence-corrected chi connectivity index (χ4v) is 5.94. The fraction of sp³-hybridized carbons (Fsp3) is 0.526. The van der Waals surface area contributed by atoms with Gasteiger partial charge in [0.05, 0.1) is 30.4 Å². The van der Waals surface area contributed by atoms with Crippen molar-refractivity contribution in [3.05, 3.63) is 41.1 Å². The van der Waals surface area contributed by atoms with Crippen molar-refractivity contribution in [2.75, 3.05) is 6.54 Å². The number of aliphatic hydroxyl groups is 1.